The van der Waals surface area contributed by atoms with E-state index in [2.05, 4.69) is 5.18 Å². The number of fused-ring (bicyclic) bond motifs is 1. The summed E-state index contributed by atoms with van der Waals surface area (Å²) in [6.07, 6.45) is -0.0698. The molecule has 0 bridgehead atoms. The molecule has 1 aliphatic rings. The van der Waals surface area contributed by atoms with Gasteiger partial charge in [0.15, 0.2) is 0 Å². The largest absolute Gasteiger partial charge is 0.370 e. The molecule has 1 unspecified atom stereocenters. The first-order chi connectivity index (χ1) is 10.3. The summed E-state index contributed by atoms with van der Waals surface area (Å²) in [5.74, 6) is -1.76. The van der Waals surface area contributed by atoms with E-state index in [1.165, 1.54) is 17.9 Å². The Bertz CT molecular complexity index is 673. The topological polar surface area (TPSA) is 136 Å². The van der Waals surface area contributed by atoms with Crippen LogP contribution >= 0.6 is 0 Å². The van der Waals surface area contributed by atoms with Crippen LogP contribution in [0.15, 0.2) is 23.4 Å². The van der Waals surface area contributed by atoms with Crippen molar-refractivity contribution in [3.05, 3.63) is 34.2 Å². The molecule has 0 radical (unpaired) electrons. The monoisotopic (exact) mass is 304 g/mol. The molecule has 0 aliphatic carbocycles. The fourth-order valence-corrected chi connectivity index (χ4v) is 2.56. The smallest absolute Gasteiger partial charge is 0.255 e. The van der Waals surface area contributed by atoms with Gasteiger partial charge < -0.3 is 16.4 Å². The van der Waals surface area contributed by atoms with Gasteiger partial charge in [-0.05, 0) is 30.7 Å². The average molecular weight is 304 g/mol. The molecule has 1 aromatic carbocycles. The van der Waals surface area contributed by atoms with E-state index in [1.807, 2.05) is 0 Å². The third-order valence-corrected chi connectivity index (χ3v) is 4.03. The van der Waals surface area contributed by atoms with Crippen LogP contribution in [0.1, 0.15) is 35.7 Å². The first-order valence-electron chi connectivity index (χ1n) is 6.66. The summed E-state index contributed by atoms with van der Waals surface area (Å²) < 4.78 is 0. The molecule has 0 saturated heterocycles. The third-order valence-electron chi connectivity index (χ3n) is 4.03. The van der Waals surface area contributed by atoms with Crippen molar-refractivity contribution >= 4 is 23.4 Å². The van der Waals surface area contributed by atoms with Gasteiger partial charge in [-0.2, -0.15) is 0 Å². The molecule has 8 heteroatoms. The number of rotatable bonds is 6. The van der Waals surface area contributed by atoms with Crippen molar-refractivity contribution < 1.29 is 14.4 Å². The molecule has 8 nitrogen and oxygen atoms in total. The van der Waals surface area contributed by atoms with Gasteiger partial charge in [0.05, 0.1) is 6.54 Å². The van der Waals surface area contributed by atoms with Gasteiger partial charge in [-0.15, -0.1) is 4.91 Å². The van der Waals surface area contributed by atoms with Crippen LogP contribution in [0.3, 0.4) is 0 Å². The molecule has 2 rings (SSSR count). The lowest BCUT2D eigenvalue weighted by Crippen LogP contribution is -2.55. The SMILES string of the molecule is CC(CCC(N)=O)(C(N)=O)N1Cc2c(N=O)cccc2C1=O. The van der Waals surface area contributed by atoms with Crippen molar-refractivity contribution in [1.82, 2.24) is 4.90 Å². The van der Waals surface area contributed by atoms with Gasteiger partial charge in [0.25, 0.3) is 5.91 Å². The van der Waals surface area contributed by atoms with Gasteiger partial charge in [-0.25, -0.2) is 0 Å². The molecule has 1 aliphatic heterocycles. The van der Waals surface area contributed by atoms with Crippen molar-refractivity contribution in [3.63, 3.8) is 0 Å². The van der Waals surface area contributed by atoms with E-state index < -0.39 is 23.3 Å². The average Bonchev–Trinajstić information content (AvgIpc) is 2.82. The molecule has 3 amide bonds. The standard InChI is InChI=1S/C14H16N4O4/c1-14(13(16)21,6-5-11(15)19)18-7-9-8(12(18)20)3-2-4-10(9)17-22/h2-4H,5-7H2,1H3,(H2,15,19)(H2,16,21). The predicted octanol–water partition coefficient (Wildman–Crippen LogP) is 0.550. The Kier molecular flexibility index (Phi) is 3.94. The van der Waals surface area contributed by atoms with Crippen molar-refractivity contribution in [2.24, 2.45) is 16.6 Å². The van der Waals surface area contributed by atoms with E-state index in [-0.39, 0.29) is 25.1 Å². The molecule has 1 heterocycles. The Labute approximate surface area is 126 Å². The molecule has 0 spiro atoms. The number of hydrogen-bond donors (Lipinski definition) is 2. The van der Waals surface area contributed by atoms with Crippen LogP contribution in [0, 0.1) is 4.91 Å². The zero-order valence-corrected chi connectivity index (χ0v) is 12.0. The van der Waals surface area contributed by atoms with E-state index in [0.717, 1.165) is 0 Å². The second kappa shape index (κ2) is 5.55. The molecule has 0 aromatic heterocycles. The zero-order valence-electron chi connectivity index (χ0n) is 12.0. The van der Waals surface area contributed by atoms with Crippen LogP contribution in [0.25, 0.3) is 0 Å². The highest BCUT2D eigenvalue weighted by molar-refractivity contribution is 6.03. The highest BCUT2D eigenvalue weighted by atomic mass is 16.3. The Morgan fingerprint density at radius 1 is 1.36 bits per heavy atom. The van der Waals surface area contributed by atoms with Gasteiger partial charge in [0.1, 0.15) is 11.2 Å². The number of nitrogens with zero attached hydrogens (tertiary/aromatic N) is 2. The Balaban J connectivity index is 2.40. The van der Waals surface area contributed by atoms with Gasteiger partial charge in [0, 0.05) is 17.5 Å². The predicted molar refractivity (Wildman–Crippen MR) is 77.8 cm³/mol. The van der Waals surface area contributed by atoms with E-state index in [0.29, 0.717) is 11.1 Å². The fourth-order valence-electron chi connectivity index (χ4n) is 2.56. The second-order valence-corrected chi connectivity index (χ2v) is 5.39. The van der Waals surface area contributed by atoms with Gasteiger partial charge in [-0.1, -0.05) is 6.07 Å². The van der Waals surface area contributed by atoms with E-state index in [1.54, 1.807) is 12.1 Å². The Morgan fingerprint density at radius 2 is 2.05 bits per heavy atom. The van der Waals surface area contributed by atoms with Crippen LogP contribution in [-0.2, 0) is 16.1 Å². The summed E-state index contributed by atoms with van der Waals surface area (Å²) in [7, 11) is 0. The van der Waals surface area contributed by atoms with Crippen molar-refractivity contribution in [3.8, 4) is 0 Å². The Morgan fingerprint density at radius 3 is 2.59 bits per heavy atom. The second-order valence-electron chi connectivity index (χ2n) is 5.39. The lowest BCUT2D eigenvalue weighted by atomic mass is 9.92. The van der Waals surface area contributed by atoms with Crippen LogP contribution in [0.2, 0.25) is 0 Å². The first-order valence-corrected chi connectivity index (χ1v) is 6.66. The molecular formula is C14H16N4O4. The third kappa shape index (κ3) is 2.43. The fraction of sp³-hybridized carbons (Fsp3) is 0.357. The van der Waals surface area contributed by atoms with Gasteiger partial charge in [-0.3, -0.25) is 14.4 Å². The number of carbonyl (C=O) groups excluding carboxylic acids is 3. The maximum atomic E-state index is 12.5. The summed E-state index contributed by atoms with van der Waals surface area (Å²) in [6.45, 7) is 1.52. The molecule has 22 heavy (non-hydrogen) atoms. The van der Waals surface area contributed by atoms with Gasteiger partial charge >= 0.3 is 0 Å². The molecule has 1 aromatic rings. The lowest BCUT2D eigenvalue weighted by Gasteiger charge is -2.35. The molecule has 0 saturated carbocycles. The summed E-state index contributed by atoms with van der Waals surface area (Å²) in [4.78, 5) is 47.5. The highest BCUT2D eigenvalue weighted by Crippen LogP contribution is 2.36. The molecule has 0 fully saturated rings. The maximum absolute atomic E-state index is 12.5. The Hall–Kier alpha value is -2.77. The number of amides is 3. The molecule has 1 atom stereocenters. The number of nitroso groups, excluding NO2 is 1. The number of nitrogens with two attached hydrogens (primary N) is 2. The van der Waals surface area contributed by atoms with Crippen LogP contribution in [0.5, 0.6) is 0 Å². The lowest BCUT2D eigenvalue weighted by molar-refractivity contribution is -0.129. The number of primary amides is 2. The normalized spacial score (nSPS) is 16.0. The number of benzene rings is 1. The van der Waals surface area contributed by atoms with Crippen molar-refractivity contribution in [1.29, 1.82) is 0 Å². The van der Waals surface area contributed by atoms with Crippen LogP contribution in [-0.4, -0.2) is 28.2 Å². The van der Waals surface area contributed by atoms with E-state index in [4.69, 9.17) is 11.5 Å². The highest BCUT2D eigenvalue weighted by Gasteiger charge is 2.45. The zero-order chi connectivity index (χ0) is 16.5. The maximum Gasteiger partial charge on any atom is 0.255 e. The molecule has 116 valence electrons. The van der Waals surface area contributed by atoms with Crippen molar-refractivity contribution in [2.75, 3.05) is 0 Å². The minimum absolute atomic E-state index is 0.0151. The molecular weight excluding hydrogens is 288 g/mol. The summed E-state index contributed by atoms with van der Waals surface area (Å²) in [6, 6.07) is 4.59. The van der Waals surface area contributed by atoms with Crippen LogP contribution in [0.4, 0.5) is 5.69 Å². The van der Waals surface area contributed by atoms with E-state index >= 15 is 0 Å². The first kappa shape index (κ1) is 15.6. The number of carbonyl (C=O) groups is 3. The summed E-state index contributed by atoms with van der Waals surface area (Å²) in [5.41, 5.74) is 10.1. The van der Waals surface area contributed by atoms with E-state index in [9.17, 15) is 19.3 Å². The van der Waals surface area contributed by atoms with Crippen LogP contribution < -0.4 is 11.5 Å². The minimum atomic E-state index is -1.37. The quantitative estimate of drug-likeness (QED) is 0.741. The number of hydrogen-bond acceptors (Lipinski definition) is 5. The summed E-state index contributed by atoms with van der Waals surface area (Å²) in [5, 5.41) is 2.89. The van der Waals surface area contributed by atoms with Gasteiger partial charge in [0.2, 0.25) is 11.8 Å². The summed E-state index contributed by atoms with van der Waals surface area (Å²) >= 11 is 0. The van der Waals surface area contributed by atoms with Crippen molar-refractivity contribution in [2.45, 2.75) is 31.8 Å². The molecule has 4 N–H and O–H groups in total. The minimum Gasteiger partial charge on any atom is -0.370 e.